The number of sulfonamides is 1. The smallest absolute Gasteiger partial charge is 0.240 e. The molecule has 1 heterocycles. The predicted octanol–water partition coefficient (Wildman–Crippen LogP) is 4.49. The van der Waals surface area contributed by atoms with E-state index in [0.29, 0.717) is 6.42 Å². The summed E-state index contributed by atoms with van der Waals surface area (Å²) in [5.74, 6) is 0. The molecule has 33 heavy (non-hydrogen) atoms. The third kappa shape index (κ3) is 4.31. The molecule has 0 radical (unpaired) electrons. The fraction of sp³-hybridized carbons (Fsp3) is 0.333. The van der Waals surface area contributed by atoms with Crippen LogP contribution in [-0.2, 0) is 22.9 Å². The third-order valence-corrected chi connectivity index (χ3v) is 8.46. The van der Waals surface area contributed by atoms with Crippen LogP contribution in [0.2, 0.25) is 0 Å². The van der Waals surface area contributed by atoms with E-state index in [1.165, 1.54) is 11.1 Å². The van der Waals surface area contributed by atoms with Crippen molar-refractivity contribution in [3.8, 4) is 0 Å². The summed E-state index contributed by atoms with van der Waals surface area (Å²) >= 11 is 0. The Morgan fingerprint density at radius 2 is 1.42 bits per heavy atom. The van der Waals surface area contributed by atoms with E-state index in [1.54, 1.807) is 24.3 Å². The maximum absolute atomic E-state index is 13.1. The average Bonchev–Trinajstić information content (AvgIpc) is 2.98. The average molecular weight is 463 g/mol. The number of hydrogen-bond donors (Lipinski definition) is 2. The van der Waals surface area contributed by atoms with Gasteiger partial charge in [-0.25, -0.2) is 13.1 Å². The van der Waals surface area contributed by atoms with Crippen LogP contribution in [0.5, 0.6) is 0 Å². The molecule has 1 aliphatic heterocycles. The van der Waals surface area contributed by atoms with E-state index in [9.17, 15) is 13.5 Å². The Labute approximate surface area is 196 Å². The summed E-state index contributed by atoms with van der Waals surface area (Å²) in [6.07, 6.45) is 3.29. The van der Waals surface area contributed by atoms with Crippen LogP contribution in [0.25, 0.3) is 0 Å². The third-order valence-electron chi connectivity index (χ3n) is 6.96. The van der Waals surface area contributed by atoms with Gasteiger partial charge in [0.15, 0.2) is 0 Å². The van der Waals surface area contributed by atoms with Crippen molar-refractivity contribution in [3.05, 3.63) is 89.5 Å². The molecule has 0 saturated heterocycles. The second kappa shape index (κ2) is 8.93. The van der Waals surface area contributed by atoms with Crippen LogP contribution in [-0.4, -0.2) is 31.7 Å². The maximum atomic E-state index is 13.1. The van der Waals surface area contributed by atoms with Gasteiger partial charge in [-0.1, -0.05) is 54.1 Å². The minimum Gasteiger partial charge on any atom is -0.389 e. The molecule has 0 unspecified atom stereocenters. The zero-order chi connectivity index (χ0) is 23.0. The van der Waals surface area contributed by atoms with Crippen LogP contribution in [0.4, 0.5) is 11.4 Å². The molecule has 6 heteroatoms. The topological polar surface area (TPSA) is 69.6 Å². The first-order valence-corrected chi connectivity index (χ1v) is 13.1. The van der Waals surface area contributed by atoms with Gasteiger partial charge in [0.05, 0.1) is 23.1 Å². The van der Waals surface area contributed by atoms with E-state index in [1.807, 2.05) is 19.1 Å². The molecule has 2 aliphatic rings. The summed E-state index contributed by atoms with van der Waals surface area (Å²) < 4.78 is 28.9. The molecular formula is C27H30N2O3S. The highest BCUT2D eigenvalue weighted by Gasteiger charge is 2.39. The highest BCUT2D eigenvalue weighted by atomic mass is 32.2. The van der Waals surface area contributed by atoms with E-state index < -0.39 is 22.2 Å². The number of aryl methyl sites for hydroxylation is 3. The summed E-state index contributed by atoms with van der Waals surface area (Å²) in [5, 5.41) is 11.5. The quantitative estimate of drug-likeness (QED) is 0.599. The first-order valence-electron chi connectivity index (χ1n) is 11.7. The molecule has 1 fully saturated rings. The summed E-state index contributed by atoms with van der Waals surface area (Å²) in [7, 11) is -3.72. The van der Waals surface area contributed by atoms with E-state index in [-0.39, 0.29) is 10.9 Å². The molecule has 3 aromatic rings. The second-order valence-corrected chi connectivity index (χ2v) is 10.9. The molecule has 0 bridgehead atoms. The molecular weight excluding hydrogens is 432 g/mol. The summed E-state index contributed by atoms with van der Waals surface area (Å²) in [6.45, 7) is 1.93. The lowest BCUT2D eigenvalue weighted by Gasteiger charge is -2.43. The monoisotopic (exact) mass is 462 g/mol. The fourth-order valence-corrected chi connectivity index (χ4v) is 6.51. The Morgan fingerprint density at radius 3 is 2.03 bits per heavy atom. The highest BCUT2D eigenvalue weighted by molar-refractivity contribution is 7.89. The van der Waals surface area contributed by atoms with Crippen LogP contribution in [0.15, 0.2) is 77.7 Å². The van der Waals surface area contributed by atoms with Gasteiger partial charge in [-0.2, -0.15) is 0 Å². The SMILES string of the molecule is Cc1ccc(S(=O)(=O)N[C@H]2CCC[C@@H](N3c4ccccc4CCc4ccccc43)[C@@H]2O)cc1. The van der Waals surface area contributed by atoms with Crippen molar-refractivity contribution in [2.24, 2.45) is 0 Å². The van der Waals surface area contributed by atoms with Crippen LogP contribution < -0.4 is 9.62 Å². The van der Waals surface area contributed by atoms with E-state index in [2.05, 4.69) is 46.0 Å². The molecule has 1 saturated carbocycles. The number of aliphatic hydroxyl groups excluding tert-OH is 1. The van der Waals surface area contributed by atoms with Crippen molar-refractivity contribution in [2.45, 2.75) is 62.1 Å². The minimum absolute atomic E-state index is 0.218. The van der Waals surface area contributed by atoms with E-state index >= 15 is 0 Å². The highest BCUT2D eigenvalue weighted by Crippen LogP contribution is 2.41. The first kappa shape index (κ1) is 22.1. The number of para-hydroxylation sites is 2. The lowest BCUT2D eigenvalue weighted by molar-refractivity contribution is 0.0812. The molecule has 3 aromatic carbocycles. The Bertz CT molecular complexity index is 1190. The van der Waals surface area contributed by atoms with Crippen molar-refractivity contribution < 1.29 is 13.5 Å². The number of anilines is 2. The van der Waals surface area contributed by atoms with E-state index in [4.69, 9.17) is 0 Å². The van der Waals surface area contributed by atoms with Crippen molar-refractivity contribution in [1.82, 2.24) is 4.72 Å². The van der Waals surface area contributed by atoms with Crippen molar-refractivity contribution in [2.75, 3.05) is 4.90 Å². The zero-order valence-corrected chi connectivity index (χ0v) is 19.6. The predicted molar refractivity (Wildman–Crippen MR) is 131 cm³/mol. The van der Waals surface area contributed by atoms with Gasteiger partial charge in [0.25, 0.3) is 0 Å². The van der Waals surface area contributed by atoms with Crippen molar-refractivity contribution >= 4 is 21.4 Å². The number of rotatable bonds is 4. The Hall–Kier alpha value is -2.67. The molecule has 0 amide bonds. The van der Waals surface area contributed by atoms with Crippen molar-refractivity contribution in [1.29, 1.82) is 0 Å². The van der Waals surface area contributed by atoms with Gasteiger partial charge in [-0.05, 0) is 74.4 Å². The molecule has 0 spiro atoms. The number of hydrogen-bond acceptors (Lipinski definition) is 4. The van der Waals surface area contributed by atoms with Gasteiger partial charge in [0, 0.05) is 11.4 Å². The second-order valence-electron chi connectivity index (χ2n) is 9.16. The molecule has 3 atom stereocenters. The molecule has 5 rings (SSSR count). The van der Waals surface area contributed by atoms with E-state index in [0.717, 1.165) is 42.6 Å². The summed E-state index contributed by atoms with van der Waals surface area (Å²) in [6, 6.07) is 22.8. The normalized spacial score (nSPS) is 22.8. The number of fused-ring (bicyclic) bond motifs is 2. The van der Waals surface area contributed by atoms with Crippen LogP contribution in [0, 0.1) is 6.92 Å². The maximum Gasteiger partial charge on any atom is 0.240 e. The number of aliphatic hydroxyl groups is 1. The Kier molecular flexibility index (Phi) is 5.99. The summed E-state index contributed by atoms with van der Waals surface area (Å²) in [4.78, 5) is 2.49. The molecule has 1 aliphatic carbocycles. The van der Waals surface area contributed by atoms with Crippen molar-refractivity contribution in [3.63, 3.8) is 0 Å². The molecule has 2 N–H and O–H groups in total. The molecule has 0 aromatic heterocycles. The molecule has 5 nitrogen and oxygen atoms in total. The lowest BCUT2D eigenvalue weighted by Crippen LogP contribution is -2.55. The van der Waals surface area contributed by atoms with Gasteiger partial charge in [-0.15, -0.1) is 0 Å². The Balaban J connectivity index is 1.48. The van der Waals surface area contributed by atoms with Crippen LogP contribution in [0.1, 0.15) is 36.0 Å². The zero-order valence-electron chi connectivity index (χ0n) is 18.8. The van der Waals surface area contributed by atoms with Gasteiger partial charge in [0.2, 0.25) is 10.0 Å². The molecule has 172 valence electrons. The fourth-order valence-electron chi connectivity index (χ4n) is 5.22. The van der Waals surface area contributed by atoms with Gasteiger partial charge in [0.1, 0.15) is 0 Å². The standard InChI is InChI=1S/C27H30N2O3S/c1-19-13-17-22(18-14-19)33(31,32)28-23-9-6-12-26(27(23)30)29-24-10-4-2-7-20(24)15-16-21-8-3-5-11-25(21)29/h2-5,7-8,10-11,13-14,17-18,23,26-28,30H,6,9,12,15-16H2,1H3/t23-,26+,27+/m0/s1. The van der Waals surface area contributed by atoms with Crippen LogP contribution in [0.3, 0.4) is 0 Å². The Morgan fingerprint density at radius 1 is 0.848 bits per heavy atom. The first-order chi connectivity index (χ1) is 15.9. The lowest BCUT2D eigenvalue weighted by atomic mass is 9.86. The van der Waals surface area contributed by atoms with Gasteiger partial charge >= 0.3 is 0 Å². The number of nitrogens with one attached hydrogen (secondary N) is 1. The number of benzene rings is 3. The van der Waals surface area contributed by atoms with Gasteiger partial charge in [-0.3, -0.25) is 0 Å². The minimum atomic E-state index is -3.72. The number of nitrogens with zero attached hydrogens (tertiary/aromatic N) is 1. The van der Waals surface area contributed by atoms with Gasteiger partial charge < -0.3 is 10.0 Å². The largest absolute Gasteiger partial charge is 0.389 e. The van der Waals surface area contributed by atoms with Crippen LogP contribution >= 0.6 is 0 Å². The summed E-state index contributed by atoms with van der Waals surface area (Å²) in [5.41, 5.74) is 5.72.